The molecule has 17 nitrogen and oxygen atoms in total. The Morgan fingerprint density at radius 2 is 1.48 bits per heavy atom. The van der Waals surface area contributed by atoms with Gasteiger partial charge in [-0.1, -0.05) is 13.8 Å². The van der Waals surface area contributed by atoms with Crippen molar-refractivity contribution in [2.45, 2.75) is 102 Å². The lowest BCUT2D eigenvalue weighted by Crippen LogP contribution is -2.59. The van der Waals surface area contributed by atoms with E-state index < -0.39 is 90.0 Å². The molecule has 1 rings (SSSR count). The van der Waals surface area contributed by atoms with Crippen LogP contribution in [0.15, 0.2) is 0 Å². The number of likely N-dealkylation sites (tertiary alicyclic amines) is 1. The van der Waals surface area contributed by atoms with Gasteiger partial charge in [-0.15, -0.1) is 0 Å². The van der Waals surface area contributed by atoms with E-state index in [4.69, 9.17) is 17.2 Å². The second kappa shape index (κ2) is 19.6. The van der Waals surface area contributed by atoms with Gasteiger partial charge in [-0.05, 0) is 57.0 Å². The van der Waals surface area contributed by atoms with E-state index in [-0.39, 0.29) is 38.1 Å². The summed E-state index contributed by atoms with van der Waals surface area (Å²) in [5.74, 6) is -5.98. The maximum atomic E-state index is 13.5. The van der Waals surface area contributed by atoms with E-state index >= 15 is 0 Å². The number of nitrogens with one attached hydrogen (secondary N) is 4. The Hall–Kier alpha value is -3.93. The van der Waals surface area contributed by atoms with Crippen molar-refractivity contribution in [3.8, 4) is 0 Å². The lowest BCUT2D eigenvalue weighted by atomic mass is 10.0. The third-order valence-corrected chi connectivity index (χ3v) is 7.86. The van der Waals surface area contributed by atoms with Gasteiger partial charge in [-0.25, -0.2) is 4.79 Å². The summed E-state index contributed by atoms with van der Waals surface area (Å²) in [6, 6.07) is -7.02. The first kappa shape index (κ1) is 40.1. The summed E-state index contributed by atoms with van der Waals surface area (Å²) in [5, 5.41) is 19.2. The molecular weight excluding hydrogens is 624 g/mol. The molecule has 0 radical (unpaired) electrons. The quantitative estimate of drug-likeness (QED) is 0.0658. The molecule has 260 valence electrons. The molecule has 0 spiro atoms. The van der Waals surface area contributed by atoms with E-state index in [1.807, 2.05) is 20.1 Å². The van der Waals surface area contributed by atoms with Crippen molar-refractivity contribution in [3.05, 3.63) is 0 Å². The average Bonchev–Trinajstić information content (AvgIpc) is 3.46. The van der Waals surface area contributed by atoms with Crippen LogP contribution in [0.3, 0.4) is 0 Å². The molecule has 6 unspecified atom stereocenters. The molecule has 0 aromatic rings. The topological polar surface area (TPSA) is 286 Å². The minimum Gasteiger partial charge on any atom is -0.480 e. The van der Waals surface area contributed by atoms with Crippen LogP contribution in [0.1, 0.15) is 65.7 Å². The van der Waals surface area contributed by atoms with Crippen LogP contribution in [-0.2, 0) is 38.4 Å². The second-order valence-electron chi connectivity index (χ2n) is 11.6. The molecule has 0 saturated carbocycles. The van der Waals surface area contributed by atoms with Gasteiger partial charge < -0.3 is 48.5 Å². The minimum absolute atomic E-state index is 0.0860. The highest BCUT2D eigenvalue weighted by Gasteiger charge is 2.40. The van der Waals surface area contributed by atoms with Crippen LogP contribution < -0.4 is 38.5 Å². The van der Waals surface area contributed by atoms with E-state index in [2.05, 4.69) is 21.3 Å². The van der Waals surface area contributed by atoms with Crippen LogP contribution in [0.4, 0.5) is 0 Å². The molecule has 6 atom stereocenters. The predicted molar refractivity (Wildman–Crippen MR) is 168 cm³/mol. The van der Waals surface area contributed by atoms with Crippen molar-refractivity contribution in [3.63, 3.8) is 0 Å². The lowest BCUT2D eigenvalue weighted by molar-refractivity contribution is -0.143. The first-order chi connectivity index (χ1) is 21.5. The molecule has 1 saturated heterocycles. The molecule has 0 bridgehead atoms. The third-order valence-electron chi connectivity index (χ3n) is 7.21. The Bertz CT molecular complexity index is 1140. The summed E-state index contributed by atoms with van der Waals surface area (Å²) in [6.07, 6.45) is 2.02. The summed E-state index contributed by atoms with van der Waals surface area (Å²) < 4.78 is 0. The normalized spacial score (nSPS) is 17.6. The molecule has 46 heavy (non-hydrogen) atoms. The standard InChI is InChI=1S/C28H48N8O9S/c1-14(2)12-18(25(41)32-15(3)23(39)33-17(28(44)45)7-8-21(30)37)34-26(42)20-6-5-10-36(20)27(43)19(13-22(31)38)35-24(40)16(29)9-11-46-4/h14-20H,5-13,29H2,1-4H3,(H2,30,37)(H2,31,38)(H,32,41)(H,33,39)(H,34,42)(H,35,40)(H,44,45). The van der Waals surface area contributed by atoms with Crippen LogP contribution >= 0.6 is 11.8 Å². The SMILES string of the molecule is CSCCC(N)C(=O)NC(CC(N)=O)C(=O)N1CCCC1C(=O)NC(CC(C)C)C(=O)NC(C)C(=O)NC(CCC(N)=O)C(=O)O. The van der Waals surface area contributed by atoms with Gasteiger partial charge in [0.25, 0.3) is 0 Å². The monoisotopic (exact) mass is 672 g/mol. The number of carboxylic acids is 1. The zero-order chi connectivity index (χ0) is 35.1. The Kier molecular flexibility index (Phi) is 17.0. The van der Waals surface area contributed by atoms with Crippen molar-refractivity contribution < 1.29 is 43.5 Å². The number of nitrogens with zero attached hydrogens (tertiary/aromatic N) is 1. The Labute approximate surface area is 272 Å². The smallest absolute Gasteiger partial charge is 0.326 e. The summed E-state index contributed by atoms with van der Waals surface area (Å²) in [7, 11) is 0. The number of hydrogen-bond donors (Lipinski definition) is 8. The highest BCUT2D eigenvalue weighted by molar-refractivity contribution is 7.98. The largest absolute Gasteiger partial charge is 0.480 e. The van der Waals surface area contributed by atoms with Gasteiger partial charge in [-0.2, -0.15) is 11.8 Å². The van der Waals surface area contributed by atoms with Crippen LogP contribution in [-0.4, -0.2) is 112 Å². The summed E-state index contributed by atoms with van der Waals surface area (Å²) in [6.45, 7) is 5.10. The number of carbonyl (C=O) groups is 8. The Morgan fingerprint density at radius 3 is 2.02 bits per heavy atom. The van der Waals surface area contributed by atoms with Crippen molar-refractivity contribution in [1.29, 1.82) is 0 Å². The summed E-state index contributed by atoms with van der Waals surface area (Å²) >= 11 is 1.49. The van der Waals surface area contributed by atoms with Gasteiger partial charge in [0.2, 0.25) is 41.4 Å². The van der Waals surface area contributed by atoms with Gasteiger partial charge >= 0.3 is 5.97 Å². The zero-order valence-corrected chi connectivity index (χ0v) is 27.5. The van der Waals surface area contributed by atoms with E-state index in [1.54, 1.807) is 0 Å². The lowest BCUT2D eigenvalue weighted by Gasteiger charge is -2.30. The summed E-state index contributed by atoms with van der Waals surface area (Å²) in [4.78, 5) is 101. The van der Waals surface area contributed by atoms with Gasteiger partial charge in [0.1, 0.15) is 30.2 Å². The van der Waals surface area contributed by atoms with E-state index in [0.29, 0.717) is 18.6 Å². The van der Waals surface area contributed by atoms with Crippen LogP contribution in [0.2, 0.25) is 0 Å². The Balaban J connectivity index is 3.02. The number of carboxylic acid groups (broad SMARTS) is 1. The molecular formula is C28H48N8O9S. The number of amides is 7. The molecule has 18 heteroatoms. The number of carbonyl (C=O) groups excluding carboxylic acids is 7. The van der Waals surface area contributed by atoms with Gasteiger partial charge in [-0.3, -0.25) is 33.6 Å². The first-order valence-corrected chi connectivity index (χ1v) is 16.4. The van der Waals surface area contributed by atoms with Crippen LogP contribution in [0.5, 0.6) is 0 Å². The molecule has 1 aliphatic heterocycles. The molecule has 1 aliphatic rings. The van der Waals surface area contributed by atoms with Gasteiger partial charge in [0.15, 0.2) is 0 Å². The van der Waals surface area contributed by atoms with Crippen molar-refractivity contribution >= 4 is 59.1 Å². The molecule has 1 fully saturated rings. The molecule has 0 aliphatic carbocycles. The van der Waals surface area contributed by atoms with E-state index in [1.165, 1.54) is 23.6 Å². The molecule has 0 aromatic heterocycles. The van der Waals surface area contributed by atoms with Crippen LogP contribution in [0, 0.1) is 5.92 Å². The number of thioether (sulfide) groups is 1. The molecule has 1 heterocycles. The average molecular weight is 673 g/mol. The maximum absolute atomic E-state index is 13.5. The van der Waals surface area contributed by atoms with E-state index in [9.17, 15) is 43.5 Å². The zero-order valence-electron chi connectivity index (χ0n) is 26.7. The fourth-order valence-corrected chi connectivity index (χ4v) is 5.24. The number of primary amides is 2. The Morgan fingerprint density at radius 1 is 0.848 bits per heavy atom. The highest BCUT2D eigenvalue weighted by Crippen LogP contribution is 2.20. The number of nitrogens with two attached hydrogens (primary N) is 3. The number of hydrogen-bond acceptors (Lipinski definition) is 10. The third kappa shape index (κ3) is 13.6. The molecule has 0 aromatic carbocycles. The predicted octanol–water partition coefficient (Wildman–Crippen LogP) is -2.71. The number of aliphatic carboxylic acids is 1. The second-order valence-corrected chi connectivity index (χ2v) is 12.6. The fraction of sp³-hybridized carbons (Fsp3) is 0.714. The minimum atomic E-state index is -1.41. The highest BCUT2D eigenvalue weighted by atomic mass is 32.2. The number of rotatable bonds is 20. The molecule has 11 N–H and O–H groups in total. The van der Waals surface area contributed by atoms with Gasteiger partial charge in [0, 0.05) is 13.0 Å². The van der Waals surface area contributed by atoms with Crippen molar-refractivity contribution in [1.82, 2.24) is 26.2 Å². The molecule has 7 amide bonds. The van der Waals surface area contributed by atoms with Crippen molar-refractivity contribution in [2.75, 3.05) is 18.6 Å². The van der Waals surface area contributed by atoms with Crippen LogP contribution in [0.25, 0.3) is 0 Å². The van der Waals surface area contributed by atoms with Gasteiger partial charge in [0.05, 0.1) is 12.5 Å². The fourth-order valence-electron chi connectivity index (χ4n) is 4.75. The maximum Gasteiger partial charge on any atom is 0.326 e. The van der Waals surface area contributed by atoms with E-state index in [0.717, 1.165) is 0 Å². The first-order valence-electron chi connectivity index (χ1n) is 15.0. The van der Waals surface area contributed by atoms with Crippen molar-refractivity contribution in [2.24, 2.45) is 23.1 Å². The summed E-state index contributed by atoms with van der Waals surface area (Å²) in [5.41, 5.74) is 16.3.